The zero-order chi connectivity index (χ0) is 34.6. The Morgan fingerprint density at radius 1 is 0.491 bits per heavy atom. The normalized spacial score (nSPS) is 17.0. The van der Waals surface area contributed by atoms with E-state index >= 15 is 0 Å². The molecule has 1 unspecified atom stereocenters. The van der Waals surface area contributed by atoms with Crippen molar-refractivity contribution in [2.24, 2.45) is 0 Å². The summed E-state index contributed by atoms with van der Waals surface area (Å²) in [5.41, 5.74) is 8.63. The lowest BCUT2D eigenvalue weighted by Crippen LogP contribution is -2.14. The third-order valence-corrected chi connectivity index (χ3v) is 11.4. The minimum absolute atomic E-state index is 0.00654. The number of benzene rings is 7. The maximum absolute atomic E-state index is 5.59. The van der Waals surface area contributed by atoms with Gasteiger partial charge in [0.1, 0.15) is 0 Å². The summed E-state index contributed by atoms with van der Waals surface area (Å²) in [6.07, 6.45) is 6.76. The first-order valence-electron chi connectivity index (χ1n) is 18.2. The van der Waals surface area contributed by atoms with Crippen molar-refractivity contribution in [3.8, 4) is 5.69 Å². The molecule has 0 amide bonds. The van der Waals surface area contributed by atoms with Crippen LogP contribution in [-0.4, -0.2) is 18.9 Å². The fourth-order valence-electron chi connectivity index (χ4n) is 9.05. The van der Waals surface area contributed by atoms with Crippen LogP contribution in [-0.2, 0) is 0 Å². The second-order valence-electron chi connectivity index (χ2n) is 14.1. The average Bonchev–Trinajstić information content (AvgIpc) is 3.89. The van der Waals surface area contributed by atoms with Crippen LogP contribution in [0, 0.1) is 41.7 Å². The Labute approximate surface area is 302 Å². The summed E-state index contributed by atoms with van der Waals surface area (Å²) in [5.74, 6) is 0.884. The molecule has 53 heavy (non-hydrogen) atoms. The monoisotopic (exact) mass is 674 g/mol. The van der Waals surface area contributed by atoms with Gasteiger partial charge in [-0.25, -0.2) is 9.97 Å². The van der Waals surface area contributed by atoms with Gasteiger partial charge in [-0.2, -0.15) is 0 Å². The molecule has 0 fully saturated rings. The molecule has 0 saturated carbocycles. The molecular formula is C49H30N4. The van der Waals surface area contributed by atoms with Gasteiger partial charge in [0.2, 0.25) is 5.78 Å². The van der Waals surface area contributed by atoms with Gasteiger partial charge in [-0.1, -0.05) is 133 Å². The van der Waals surface area contributed by atoms with Gasteiger partial charge in [-0.05, 0) is 89.8 Å². The Kier molecular flexibility index (Phi) is 5.80. The van der Waals surface area contributed by atoms with E-state index in [9.17, 15) is 0 Å². The van der Waals surface area contributed by atoms with Gasteiger partial charge < -0.3 is 0 Å². The predicted molar refractivity (Wildman–Crippen MR) is 212 cm³/mol. The molecule has 10 aromatic rings. The largest absolute Gasteiger partial charge is 0.276 e. The molecule has 0 radical (unpaired) electrons. The predicted octanol–water partition coefficient (Wildman–Crippen LogP) is 9.64. The molecule has 0 saturated heterocycles. The van der Waals surface area contributed by atoms with Crippen molar-refractivity contribution in [2.75, 3.05) is 0 Å². The van der Waals surface area contributed by atoms with Crippen molar-refractivity contribution in [1.82, 2.24) is 18.9 Å². The SMILES string of the molecule is C1=CC(c2ccc3/c(c2)=c2/cccc/c2=c2\cccc\c2=c2/cccc/c2=3)c2nc3c(ccc4c3n(-c3ccccc3)c3nc5ccccc5n43)c2=C1. The minimum atomic E-state index is -0.00654. The molecule has 3 aromatic heterocycles. The molecule has 2 aliphatic carbocycles. The fourth-order valence-corrected chi connectivity index (χ4v) is 9.05. The quantitative estimate of drug-likeness (QED) is 0.183. The molecule has 0 bridgehead atoms. The molecule has 4 heteroatoms. The maximum Gasteiger partial charge on any atom is 0.220 e. The van der Waals surface area contributed by atoms with Crippen molar-refractivity contribution in [2.45, 2.75) is 5.92 Å². The number of allylic oxidation sites excluding steroid dienone is 2. The molecule has 2 aliphatic rings. The van der Waals surface area contributed by atoms with Crippen LogP contribution in [0.1, 0.15) is 17.2 Å². The van der Waals surface area contributed by atoms with Crippen LogP contribution >= 0.6 is 0 Å². The summed E-state index contributed by atoms with van der Waals surface area (Å²) in [4.78, 5) is 10.8. The molecule has 0 N–H and O–H groups in total. The molecule has 3 heterocycles. The molecular weight excluding hydrogens is 645 g/mol. The van der Waals surface area contributed by atoms with E-state index in [0.29, 0.717) is 0 Å². The van der Waals surface area contributed by atoms with Crippen LogP contribution in [0.5, 0.6) is 0 Å². The Bertz CT molecular complexity index is 3690. The Morgan fingerprint density at radius 3 is 1.79 bits per heavy atom. The summed E-state index contributed by atoms with van der Waals surface area (Å²) in [5, 5.41) is 12.4. The number of imidazole rings is 2. The number of hydrogen-bond acceptors (Lipinski definition) is 2. The molecule has 12 rings (SSSR count). The molecule has 1 atom stereocenters. The highest BCUT2D eigenvalue weighted by Crippen LogP contribution is 2.35. The molecule has 0 aliphatic heterocycles. The van der Waals surface area contributed by atoms with Crippen molar-refractivity contribution in [1.29, 1.82) is 0 Å². The lowest BCUT2D eigenvalue weighted by Gasteiger charge is -2.14. The summed E-state index contributed by atoms with van der Waals surface area (Å²) < 4.78 is 4.57. The molecule has 0 spiro atoms. The fraction of sp³-hybridized carbons (Fsp3) is 0.0204. The van der Waals surface area contributed by atoms with E-state index < -0.39 is 0 Å². The second-order valence-corrected chi connectivity index (χ2v) is 14.1. The van der Waals surface area contributed by atoms with Gasteiger partial charge in [0, 0.05) is 22.2 Å². The number of para-hydroxylation sites is 3. The van der Waals surface area contributed by atoms with E-state index in [1.807, 2.05) is 0 Å². The highest BCUT2D eigenvalue weighted by Gasteiger charge is 2.25. The number of hydrogen-bond donors (Lipinski definition) is 0. The molecule has 4 nitrogen and oxygen atoms in total. The highest BCUT2D eigenvalue weighted by atomic mass is 15.2. The number of rotatable bonds is 2. The summed E-state index contributed by atoms with van der Waals surface area (Å²) in [6, 6.07) is 57.0. The van der Waals surface area contributed by atoms with Gasteiger partial charge in [-0.3, -0.25) is 8.97 Å². The first-order chi connectivity index (χ1) is 26.3. The van der Waals surface area contributed by atoms with Crippen molar-refractivity contribution >= 4 is 44.8 Å². The van der Waals surface area contributed by atoms with E-state index in [2.05, 4.69) is 185 Å². The van der Waals surface area contributed by atoms with E-state index in [1.165, 1.54) is 52.5 Å². The van der Waals surface area contributed by atoms with Gasteiger partial charge >= 0.3 is 0 Å². The first kappa shape index (κ1) is 28.6. The average molecular weight is 675 g/mol. The zero-order valence-electron chi connectivity index (χ0n) is 28.6. The van der Waals surface area contributed by atoms with E-state index in [4.69, 9.17) is 9.97 Å². The Morgan fingerprint density at radius 2 is 1.09 bits per heavy atom. The van der Waals surface area contributed by atoms with Crippen LogP contribution in [0.4, 0.5) is 0 Å². The summed E-state index contributed by atoms with van der Waals surface area (Å²) in [7, 11) is 0. The second kappa shape index (κ2) is 10.7. The van der Waals surface area contributed by atoms with Crippen LogP contribution < -0.4 is 5.22 Å². The Balaban J connectivity index is 1.18. The van der Waals surface area contributed by atoms with Crippen molar-refractivity contribution < 1.29 is 0 Å². The van der Waals surface area contributed by atoms with Crippen LogP contribution in [0.2, 0.25) is 0 Å². The summed E-state index contributed by atoms with van der Waals surface area (Å²) >= 11 is 0. The van der Waals surface area contributed by atoms with Crippen molar-refractivity contribution in [3.05, 3.63) is 228 Å². The van der Waals surface area contributed by atoms with Crippen LogP contribution in [0.25, 0.3) is 50.5 Å². The first-order valence-corrected chi connectivity index (χ1v) is 18.2. The van der Waals surface area contributed by atoms with Crippen molar-refractivity contribution in [3.63, 3.8) is 0 Å². The molecule has 246 valence electrons. The summed E-state index contributed by atoms with van der Waals surface area (Å²) in [6.45, 7) is 0. The van der Waals surface area contributed by atoms with Crippen LogP contribution in [0.15, 0.2) is 170 Å². The highest BCUT2D eigenvalue weighted by molar-refractivity contribution is 6.07. The van der Waals surface area contributed by atoms with Gasteiger partial charge in [-0.15, -0.1) is 0 Å². The van der Waals surface area contributed by atoms with Gasteiger partial charge in [0.25, 0.3) is 0 Å². The third kappa shape index (κ3) is 3.95. The van der Waals surface area contributed by atoms with E-state index in [-0.39, 0.29) is 5.92 Å². The van der Waals surface area contributed by atoms with Gasteiger partial charge in [0.05, 0.1) is 33.3 Å². The van der Waals surface area contributed by atoms with E-state index in [1.54, 1.807) is 0 Å². The number of aromatic nitrogens is 4. The standard InChI is InChI=1S/C49H30N4/c1-2-13-31(14-3-1)52-48-45(53-44-24-11-10-23-43(44)50-49(52)53)28-27-41-40-22-12-21-32(46(40)51-47(41)48)30-25-26-39-37-19-7-6-17-35(37)33-15-4-5-16-34(33)36-18-8-9-20-38(36)42(39)29-30/h1-29,32H/b35-33-,36-34-,39-37-,42-38-. The topological polar surface area (TPSA) is 35.1 Å². The van der Waals surface area contributed by atoms with Crippen LogP contribution in [0.3, 0.4) is 0 Å². The zero-order valence-corrected chi connectivity index (χ0v) is 28.6. The lowest BCUT2D eigenvalue weighted by atomic mass is 9.90. The third-order valence-electron chi connectivity index (χ3n) is 11.4. The maximum atomic E-state index is 5.59. The minimum Gasteiger partial charge on any atom is -0.276 e. The number of fused-ring (bicyclic) bond motifs is 13. The van der Waals surface area contributed by atoms with E-state index in [0.717, 1.165) is 50.1 Å². The number of nitrogens with zero attached hydrogens (tertiary/aromatic N) is 4. The van der Waals surface area contributed by atoms with Gasteiger partial charge in [0.15, 0.2) is 0 Å². The Hall–Kier alpha value is -7.04. The lowest BCUT2D eigenvalue weighted by molar-refractivity contribution is 0.959. The molecule has 7 aromatic carbocycles. The smallest absolute Gasteiger partial charge is 0.220 e.